The summed E-state index contributed by atoms with van der Waals surface area (Å²) in [6.45, 7) is 1.57. The van der Waals surface area contributed by atoms with Crippen LogP contribution in [0.15, 0.2) is 23.8 Å². The van der Waals surface area contributed by atoms with E-state index in [4.69, 9.17) is 9.47 Å². The van der Waals surface area contributed by atoms with E-state index < -0.39 is 0 Å². The Bertz CT molecular complexity index is 362. The van der Waals surface area contributed by atoms with E-state index in [9.17, 15) is 4.79 Å². The molecule has 1 aliphatic heterocycles. The number of nitrogens with one attached hydrogen (secondary N) is 1. The summed E-state index contributed by atoms with van der Waals surface area (Å²) in [6.07, 6.45) is 10.9. The summed E-state index contributed by atoms with van der Waals surface area (Å²) in [6, 6.07) is -0.340. The second kappa shape index (κ2) is 7.46. The molecule has 4 nitrogen and oxygen atoms in total. The average molecular weight is 265 g/mol. The van der Waals surface area contributed by atoms with Crippen LogP contribution in [0.25, 0.3) is 0 Å². The van der Waals surface area contributed by atoms with Crippen molar-refractivity contribution in [3.8, 4) is 0 Å². The van der Waals surface area contributed by atoms with Gasteiger partial charge >= 0.3 is 5.97 Å². The van der Waals surface area contributed by atoms with Gasteiger partial charge in [0.25, 0.3) is 0 Å². The molecule has 1 unspecified atom stereocenters. The third-order valence-electron chi connectivity index (χ3n) is 3.64. The summed E-state index contributed by atoms with van der Waals surface area (Å²) in [5.74, 6) is 0.220. The number of rotatable bonds is 3. The quantitative estimate of drug-likeness (QED) is 0.791. The fourth-order valence-corrected chi connectivity index (χ4v) is 2.45. The Morgan fingerprint density at radius 2 is 2.26 bits per heavy atom. The molecule has 1 heterocycles. The molecule has 1 fully saturated rings. The van der Waals surface area contributed by atoms with Crippen molar-refractivity contribution in [3.63, 3.8) is 0 Å². The van der Waals surface area contributed by atoms with Crippen molar-refractivity contribution in [1.29, 1.82) is 0 Å². The van der Waals surface area contributed by atoms with Crippen molar-refractivity contribution < 1.29 is 14.3 Å². The zero-order chi connectivity index (χ0) is 13.5. The van der Waals surface area contributed by atoms with Crippen LogP contribution in [0.5, 0.6) is 0 Å². The molecule has 0 spiro atoms. The van der Waals surface area contributed by atoms with E-state index in [1.807, 2.05) is 0 Å². The first-order chi connectivity index (χ1) is 9.29. The van der Waals surface area contributed by atoms with Crippen LogP contribution < -0.4 is 5.32 Å². The average Bonchev–Trinajstić information content (AvgIpc) is 2.51. The molecule has 2 aliphatic rings. The third-order valence-corrected chi connectivity index (χ3v) is 3.64. The van der Waals surface area contributed by atoms with Gasteiger partial charge in [0.05, 0.1) is 13.2 Å². The molecule has 1 saturated heterocycles. The van der Waals surface area contributed by atoms with Crippen LogP contribution in [-0.4, -0.2) is 38.9 Å². The van der Waals surface area contributed by atoms with Gasteiger partial charge in [-0.2, -0.15) is 0 Å². The van der Waals surface area contributed by atoms with Gasteiger partial charge in [-0.15, -0.1) is 0 Å². The molecule has 1 aliphatic carbocycles. The fraction of sp³-hybridized carbons (Fsp3) is 0.667. The van der Waals surface area contributed by atoms with Crippen molar-refractivity contribution in [1.82, 2.24) is 5.32 Å². The maximum Gasteiger partial charge on any atom is 0.325 e. The number of cyclic esters (lactones) is 1. The number of carbonyl (C=O) groups is 1. The highest BCUT2D eigenvalue weighted by molar-refractivity contribution is 5.75. The van der Waals surface area contributed by atoms with Crippen LogP contribution in [0, 0.1) is 5.92 Å². The number of likely N-dealkylation sites (N-methyl/N-ethyl adjacent to an activating group) is 1. The molecule has 0 aromatic heterocycles. The minimum atomic E-state index is -0.340. The first-order valence-electron chi connectivity index (χ1n) is 7.07. The van der Waals surface area contributed by atoms with Gasteiger partial charge in [-0.3, -0.25) is 4.79 Å². The van der Waals surface area contributed by atoms with Crippen LogP contribution in [0.2, 0.25) is 0 Å². The van der Waals surface area contributed by atoms with Gasteiger partial charge in [-0.1, -0.05) is 23.8 Å². The molecule has 19 heavy (non-hydrogen) atoms. The predicted molar refractivity (Wildman–Crippen MR) is 73.8 cm³/mol. The normalized spacial score (nSPS) is 28.9. The lowest BCUT2D eigenvalue weighted by Crippen LogP contribution is -2.39. The lowest BCUT2D eigenvalue weighted by atomic mass is 9.94. The summed E-state index contributed by atoms with van der Waals surface area (Å²) in [4.78, 5) is 11.7. The van der Waals surface area contributed by atoms with Crippen LogP contribution in [0.1, 0.15) is 25.7 Å². The number of allylic oxidation sites excluding steroid dienone is 4. The van der Waals surface area contributed by atoms with Crippen molar-refractivity contribution in [2.24, 2.45) is 5.92 Å². The van der Waals surface area contributed by atoms with E-state index in [0.29, 0.717) is 25.7 Å². The second-order valence-electron chi connectivity index (χ2n) is 5.16. The molecule has 1 N–H and O–H groups in total. The van der Waals surface area contributed by atoms with Gasteiger partial charge in [-0.05, 0) is 38.6 Å². The standard InChI is InChI=1S/C15H23NO3/c1-16-14-11-18-10-13(7-8-19-15(14)17)9-12-5-3-2-4-6-12/h3,5-6,13-14,16H,2,4,7-11H2,1H3/t13?,14-/m0/s1. The summed E-state index contributed by atoms with van der Waals surface area (Å²) in [5, 5.41) is 2.92. The Kier molecular flexibility index (Phi) is 5.61. The van der Waals surface area contributed by atoms with Crippen molar-refractivity contribution in [2.45, 2.75) is 31.7 Å². The van der Waals surface area contributed by atoms with Gasteiger partial charge in [-0.25, -0.2) is 0 Å². The Balaban J connectivity index is 1.87. The summed E-state index contributed by atoms with van der Waals surface area (Å²) < 4.78 is 10.9. The molecular weight excluding hydrogens is 242 g/mol. The summed E-state index contributed by atoms with van der Waals surface area (Å²) >= 11 is 0. The highest BCUT2D eigenvalue weighted by atomic mass is 16.5. The van der Waals surface area contributed by atoms with Crippen LogP contribution in [0.4, 0.5) is 0 Å². The number of esters is 1. The van der Waals surface area contributed by atoms with Gasteiger partial charge < -0.3 is 14.8 Å². The smallest absolute Gasteiger partial charge is 0.325 e. The van der Waals surface area contributed by atoms with Crippen molar-refractivity contribution in [3.05, 3.63) is 23.8 Å². The van der Waals surface area contributed by atoms with E-state index in [0.717, 1.165) is 25.7 Å². The molecule has 0 amide bonds. The zero-order valence-electron chi connectivity index (χ0n) is 11.6. The highest BCUT2D eigenvalue weighted by Gasteiger charge is 2.22. The summed E-state index contributed by atoms with van der Waals surface area (Å²) in [5.41, 5.74) is 1.38. The van der Waals surface area contributed by atoms with Crippen molar-refractivity contribution >= 4 is 5.97 Å². The first-order valence-corrected chi connectivity index (χ1v) is 7.07. The van der Waals surface area contributed by atoms with Gasteiger partial charge in [0.15, 0.2) is 0 Å². The molecule has 0 bridgehead atoms. The molecule has 0 aromatic carbocycles. The lowest BCUT2D eigenvalue weighted by molar-refractivity contribution is -0.146. The molecular formula is C15H23NO3. The molecule has 0 saturated carbocycles. The molecule has 4 heteroatoms. The maximum absolute atomic E-state index is 11.7. The molecule has 2 atom stereocenters. The predicted octanol–water partition coefficient (Wildman–Crippen LogP) is 1.82. The van der Waals surface area contributed by atoms with E-state index >= 15 is 0 Å². The first kappa shape index (κ1) is 14.3. The Hall–Kier alpha value is -1.13. The lowest BCUT2D eigenvalue weighted by Gasteiger charge is -2.17. The van der Waals surface area contributed by atoms with Crippen LogP contribution in [0.3, 0.4) is 0 Å². The van der Waals surface area contributed by atoms with E-state index in [-0.39, 0.29) is 12.0 Å². The largest absolute Gasteiger partial charge is 0.464 e. The zero-order valence-corrected chi connectivity index (χ0v) is 11.6. The number of hydrogen-bond donors (Lipinski definition) is 1. The van der Waals surface area contributed by atoms with Gasteiger partial charge in [0.2, 0.25) is 0 Å². The molecule has 2 rings (SSSR count). The van der Waals surface area contributed by atoms with Gasteiger partial charge in [0.1, 0.15) is 6.04 Å². The topological polar surface area (TPSA) is 47.6 Å². The van der Waals surface area contributed by atoms with E-state index in [1.54, 1.807) is 7.05 Å². The molecule has 0 aromatic rings. The fourth-order valence-electron chi connectivity index (χ4n) is 2.45. The maximum atomic E-state index is 11.7. The highest BCUT2D eigenvalue weighted by Crippen LogP contribution is 2.21. The minimum absolute atomic E-state index is 0.208. The SMILES string of the molecule is CN[C@H]1COCC(CC2=CCCC=C2)CCOC1=O. The van der Waals surface area contributed by atoms with Crippen molar-refractivity contribution in [2.75, 3.05) is 26.9 Å². The Labute approximate surface area is 114 Å². The molecule has 0 radical (unpaired) electrons. The van der Waals surface area contributed by atoms with E-state index in [2.05, 4.69) is 23.5 Å². The number of ether oxygens (including phenoxy) is 2. The second-order valence-corrected chi connectivity index (χ2v) is 5.16. The Morgan fingerprint density at radius 1 is 1.37 bits per heavy atom. The third kappa shape index (κ3) is 4.48. The monoisotopic (exact) mass is 265 g/mol. The summed E-state index contributed by atoms with van der Waals surface area (Å²) in [7, 11) is 1.75. The minimum Gasteiger partial charge on any atom is -0.464 e. The van der Waals surface area contributed by atoms with Crippen LogP contribution in [-0.2, 0) is 14.3 Å². The van der Waals surface area contributed by atoms with Gasteiger partial charge in [0, 0.05) is 6.61 Å². The number of carbonyl (C=O) groups excluding carboxylic acids is 1. The molecule has 106 valence electrons. The number of hydrogen-bond acceptors (Lipinski definition) is 4. The Morgan fingerprint density at radius 3 is 3.00 bits per heavy atom. The van der Waals surface area contributed by atoms with Crippen LogP contribution >= 0.6 is 0 Å². The van der Waals surface area contributed by atoms with E-state index in [1.165, 1.54) is 5.57 Å².